The van der Waals surface area contributed by atoms with Crippen molar-refractivity contribution in [2.45, 2.75) is 39.7 Å². The number of nitrogens with zero attached hydrogens (tertiary/aromatic N) is 4. The Balaban J connectivity index is 2.03. The highest BCUT2D eigenvalue weighted by molar-refractivity contribution is 5.94. The maximum atomic E-state index is 12.4. The summed E-state index contributed by atoms with van der Waals surface area (Å²) in [5.74, 6) is -0.257. The first-order valence-corrected chi connectivity index (χ1v) is 7.62. The molecule has 2 aromatic heterocycles. The Morgan fingerprint density at radius 1 is 1.39 bits per heavy atom. The third-order valence-electron chi connectivity index (χ3n) is 3.47. The zero-order chi connectivity index (χ0) is 16.9. The number of aliphatic hydroxyl groups excluding tert-OH is 1. The smallest absolute Gasteiger partial charge is 0.253 e. The number of rotatable bonds is 6. The molecule has 2 N–H and O–H groups in total. The molecule has 0 aliphatic carbocycles. The minimum absolute atomic E-state index is 0.0853. The van der Waals surface area contributed by atoms with Gasteiger partial charge in [0.25, 0.3) is 5.91 Å². The van der Waals surface area contributed by atoms with E-state index >= 15 is 0 Å². The second kappa shape index (κ2) is 7.32. The molecule has 0 spiro atoms. The summed E-state index contributed by atoms with van der Waals surface area (Å²) in [6, 6.07) is 1.42. The van der Waals surface area contributed by atoms with Gasteiger partial charge >= 0.3 is 0 Å². The van der Waals surface area contributed by atoms with Crippen molar-refractivity contribution in [3.8, 4) is 5.69 Å². The molecule has 23 heavy (non-hydrogen) atoms. The molecule has 0 radical (unpaired) electrons. The molecule has 0 unspecified atom stereocenters. The highest BCUT2D eigenvalue weighted by atomic mass is 16.3. The normalized spacial score (nSPS) is 12.9. The van der Waals surface area contributed by atoms with E-state index in [9.17, 15) is 9.90 Å². The number of aliphatic hydroxyl groups is 1. The van der Waals surface area contributed by atoms with E-state index in [0.717, 1.165) is 12.8 Å². The van der Waals surface area contributed by atoms with Crippen LogP contribution in [0.2, 0.25) is 0 Å². The van der Waals surface area contributed by atoms with E-state index in [0.29, 0.717) is 11.3 Å². The Labute approximate surface area is 135 Å². The second-order valence-corrected chi connectivity index (χ2v) is 6.73. The minimum Gasteiger partial charge on any atom is -0.394 e. The van der Waals surface area contributed by atoms with Crippen LogP contribution < -0.4 is 5.32 Å². The van der Waals surface area contributed by atoms with Crippen LogP contribution in [-0.2, 0) is 0 Å². The van der Waals surface area contributed by atoms with Crippen molar-refractivity contribution in [1.29, 1.82) is 0 Å². The van der Waals surface area contributed by atoms with Crippen LogP contribution in [-0.4, -0.2) is 43.6 Å². The largest absolute Gasteiger partial charge is 0.394 e. The molecule has 0 aliphatic heterocycles. The quantitative estimate of drug-likeness (QED) is 0.844. The van der Waals surface area contributed by atoms with Crippen molar-refractivity contribution in [1.82, 2.24) is 25.3 Å². The zero-order valence-corrected chi connectivity index (χ0v) is 13.7. The van der Waals surface area contributed by atoms with Crippen molar-refractivity contribution >= 4 is 5.91 Å². The molecule has 0 saturated carbocycles. The summed E-state index contributed by atoms with van der Waals surface area (Å²) in [6.45, 7) is 6.32. The topological polar surface area (TPSA) is 92.9 Å². The molecule has 7 nitrogen and oxygen atoms in total. The van der Waals surface area contributed by atoms with Crippen molar-refractivity contribution in [2.75, 3.05) is 6.61 Å². The molecule has 2 aromatic rings. The van der Waals surface area contributed by atoms with Crippen LogP contribution in [0.5, 0.6) is 0 Å². The molecule has 0 aliphatic rings. The van der Waals surface area contributed by atoms with E-state index in [1.165, 1.54) is 10.9 Å². The van der Waals surface area contributed by atoms with E-state index in [2.05, 4.69) is 41.4 Å². The van der Waals surface area contributed by atoms with E-state index < -0.39 is 0 Å². The predicted molar refractivity (Wildman–Crippen MR) is 86.2 cm³/mol. The van der Waals surface area contributed by atoms with E-state index in [4.69, 9.17) is 0 Å². The molecule has 1 amide bonds. The number of nitrogens with one attached hydrogen (secondary N) is 1. The number of carbonyl (C=O) groups is 1. The molecule has 1 atom stereocenters. The lowest BCUT2D eigenvalue weighted by molar-refractivity contribution is 0.0907. The molecule has 7 heteroatoms. The van der Waals surface area contributed by atoms with Crippen LogP contribution >= 0.6 is 0 Å². The number of hydrogen-bond donors (Lipinski definition) is 2. The fourth-order valence-electron chi connectivity index (χ4n) is 2.11. The summed E-state index contributed by atoms with van der Waals surface area (Å²) in [4.78, 5) is 16.4. The molecule has 0 saturated heterocycles. The summed E-state index contributed by atoms with van der Waals surface area (Å²) in [7, 11) is 0. The summed E-state index contributed by atoms with van der Waals surface area (Å²) in [6.07, 6.45) is 7.97. The molecule has 0 bridgehead atoms. The minimum atomic E-state index is -0.267. The van der Waals surface area contributed by atoms with Gasteiger partial charge in [0.1, 0.15) is 0 Å². The van der Waals surface area contributed by atoms with Crippen LogP contribution in [0.4, 0.5) is 0 Å². The predicted octanol–water partition coefficient (Wildman–Crippen LogP) is 1.58. The Morgan fingerprint density at radius 3 is 2.78 bits per heavy atom. The molecule has 2 rings (SSSR count). The van der Waals surface area contributed by atoms with Crippen molar-refractivity contribution in [3.05, 3.63) is 36.4 Å². The fraction of sp³-hybridized carbons (Fsp3) is 0.500. The molecule has 2 heterocycles. The van der Waals surface area contributed by atoms with Gasteiger partial charge in [-0.05, 0) is 24.3 Å². The van der Waals surface area contributed by atoms with Gasteiger partial charge in [0.15, 0.2) is 0 Å². The molecule has 0 fully saturated rings. The number of hydrogen-bond acceptors (Lipinski definition) is 5. The second-order valence-electron chi connectivity index (χ2n) is 6.73. The number of aromatic nitrogens is 4. The molecular weight excluding hydrogens is 294 g/mol. The van der Waals surface area contributed by atoms with Crippen LogP contribution in [0, 0.1) is 5.41 Å². The van der Waals surface area contributed by atoms with Gasteiger partial charge in [0.2, 0.25) is 0 Å². The summed E-state index contributed by atoms with van der Waals surface area (Å²) in [5.41, 5.74) is 1.24. The Kier molecular flexibility index (Phi) is 5.44. The number of amides is 1. The van der Waals surface area contributed by atoms with Crippen LogP contribution in [0.1, 0.15) is 44.0 Å². The summed E-state index contributed by atoms with van der Waals surface area (Å²) >= 11 is 0. The third-order valence-corrected chi connectivity index (χ3v) is 3.47. The van der Waals surface area contributed by atoms with Crippen molar-refractivity contribution in [2.24, 2.45) is 5.41 Å². The number of pyridine rings is 1. The highest BCUT2D eigenvalue weighted by Crippen LogP contribution is 2.21. The maximum Gasteiger partial charge on any atom is 0.253 e. The zero-order valence-electron chi connectivity index (χ0n) is 13.7. The average molecular weight is 317 g/mol. The standard InChI is InChI=1S/C16H23N5O2/c1-16(2,3)5-4-13(11-22)19-15(23)12-8-14(10-17-9-12)21-7-6-18-20-21/h6-10,13,22H,4-5,11H2,1-3H3,(H,19,23)/t13-/m0/s1. The van der Waals surface area contributed by atoms with Gasteiger partial charge in [-0.1, -0.05) is 26.0 Å². The van der Waals surface area contributed by atoms with Crippen LogP contribution in [0.3, 0.4) is 0 Å². The van der Waals surface area contributed by atoms with Gasteiger partial charge in [-0.15, -0.1) is 5.10 Å². The summed E-state index contributed by atoms with van der Waals surface area (Å²) < 4.78 is 1.53. The molecule has 124 valence electrons. The Morgan fingerprint density at radius 2 is 2.17 bits per heavy atom. The fourth-order valence-corrected chi connectivity index (χ4v) is 2.11. The van der Waals surface area contributed by atoms with E-state index in [-0.39, 0.29) is 24.0 Å². The first-order valence-electron chi connectivity index (χ1n) is 7.62. The Bertz CT molecular complexity index is 634. The maximum absolute atomic E-state index is 12.4. The van der Waals surface area contributed by atoms with Crippen LogP contribution in [0.25, 0.3) is 5.69 Å². The lowest BCUT2D eigenvalue weighted by Gasteiger charge is -2.22. The SMILES string of the molecule is CC(C)(C)CC[C@@H](CO)NC(=O)c1cncc(-n2ccnn2)c1. The lowest BCUT2D eigenvalue weighted by atomic mass is 9.89. The van der Waals surface area contributed by atoms with Gasteiger partial charge in [-0.2, -0.15) is 0 Å². The van der Waals surface area contributed by atoms with E-state index in [1.807, 2.05) is 0 Å². The van der Waals surface area contributed by atoms with Gasteiger partial charge < -0.3 is 10.4 Å². The van der Waals surface area contributed by atoms with Crippen molar-refractivity contribution in [3.63, 3.8) is 0 Å². The monoisotopic (exact) mass is 317 g/mol. The molecule has 0 aromatic carbocycles. The van der Waals surface area contributed by atoms with E-state index in [1.54, 1.807) is 24.7 Å². The Hall–Kier alpha value is -2.28. The summed E-state index contributed by atoms with van der Waals surface area (Å²) in [5, 5.41) is 19.9. The van der Waals surface area contributed by atoms with Gasteiger partial charge in [-0.3, -0.25) is 9.78 Å². The van der Waals surface area contributed by atoms with Crippen molar-refractivity contribution < 1.29 is 9.90 Å². The molecular formula is C16H23N5O2. The third kappa shape index (κ3) is 5.14. The van der Waals surface area contributed by atoms with Gasteiger partial charge in [0, 0.05) is 6.20 Å². The van der Waals surface area contributed by atoms with Gasteiger partial charge in [0.05, 0.1) is 42.5 Å². The number of carbonyl (C=O) groups excluding carboxylic acids is 1. The lowest BCUT2D eigenvalue weighted by Crippen LogP contribution is -2.38. The van der Waals surface area contributed by atoms with Gasteiger partial charge in [-0.25, -0.2) is 4.68 Å². The first kappa shape index (κ1) is 17.1. The first-order chi connectivity index (χ1) is 10.9. The van der Waals surface area contributed by atoms with Crippen LogP contribution in [0.15, 0.2) is 30.9 Å². The highest BCUT2D eigenvalue weighted by Gasteiger charge is 2.18. The average Bonchev–Trinajstić information content (AvgIpc) is 3.05.